The number of hydrogen-bond acceptors (Lipinski definition) is 3. The summed E-state index contributed by atoms with van der Waals surface area (Å²) in [7, 11) is 0. The van der Waals surface area contributed by atoms with E-state index in [1.807, 2.05) is 26.8 Å². The minimum atomic E-state index is -0.358. The van der Waals surface area contributed by atoms with Crippen LogP contribution in [0.3, 0.4) is 0 Å². The zero-order valence-corrected chi connectivity index (χ0v) is 13.9. The molecule has 1 aromatic carbocycles. The van der Waals surface area contributed by atoms with Gasteiger partial charge in [0.2, 0.25) is 5.91 Å². The molecule has 0 aliphatic carbocycles. The molecular formula is C17H18ClN3O2. The van der Waals surface area contributed by atoms with Crippen molar-refractivity contribution in [2.45, 2.75) is 20.8 Å². The van der Waals surface area contributed by atoms with Gasteiger partial charge in [0.15, 0.2) is 0 Å². The van der Waals surface area contributed by atoms with Gasteiger partial charge in [0.25, 0.3) is 5.91 Å². The third-order valence-electron chi connectivity index (χ3n) is 3.23. The van der Waals surface area contributed by atoms with Crippen LogP contribution in [0.1, 0.15) is 29.9 Å². The van der Waals surface area contributed by atoms with E-state index < -0.39 is 0 Å². The van der Waals surface area contributed by atoms with Gasteiger partial charge in [0.05, 0.1) is 0 Å². The molecule has 0 saturated heterocycles. The lowest BCUT2D eigenvalue weighted by atomic mass is 10.1. The molecule has 0 unspecified atom stereocenters. The molecule has 0 bridgehead atoms. The van der Waals surface area contributed by atoms with E-state index in [4.69, 9.17) is 11.6 Å². The number of aryl methyl sites for hydroxylation is 1. The van der Waals surface area contributed by atoms with Crippen LogP contribution in [0, 0.1) is 12.8 Å². The number of anilines is 2. The smallest absolute Gasteiger partial charge is 0.274 e. The Morgan fingerprint density at radius 1 is 1.13 bits per heavy atom. The molecule has 2 aromatic rings. The molecule has 0 fully saturated rings. The Morgan fingerprint density at radius 3 is 2.52 bits per heavy atom. The quantitative estimate of drug-likeness (QED) is 0.892. The number of hydrogen-bond donors (Lipinski definition) is 2. The van der Waals surface area contributed by atoms with Crippen molar-refractivity contribution in [2.24, 2.45) is 5.92 Å². The van der Waals surface area contributed by atoms with Crippen molar-refractivity contribution in [1.29, 1.82) is 0 Å². The number of carbonyl (C=O) groups is 2. The van der Waals surface area contributed by atoms with Crippen LogP contribution in [0.25, 0.3) is 0 Å². The van der Waals surface area contributed by atoms with Gasteiger partial charge in [-0.1, -0.05) is 31.5 Å². The first-order valence-corrected chi connectivity index (χ1v) is 7.59. The van der Waals surface area contributed by atoms with Crippen LogP contribution >= 0.6 is 11.6 Å². The second-order valence-electron chi connectivity index (χ2n) is 5.49. The second-order valence-corrected chi connectivity index (χ2v) is 5.92. The Morgan fingerprint density at radius 2 is 1.87 bits per heavy atom. The molecule has 1 heterocycles. The van der Waals surface area contributed by atoms with E-state index in [0.717, 1.165) is 5.56 Å². The van der Waals surface area contributed by atoms with Gasteiger partial charge in [-0.2, -0.15) is 0 Å². The molecule has 0 saturated carbocycles. The molecule has 1 aromatic heterocycles. The number of nitrogens with one attached hydrogen (secondary N) is 2. The Labute approximate surface area is 140 Å². The molecule has 120 valence electrons. The van der Waals surface area contributed by atoms with Crippen molar-refractivity contribution in [2.75, 3.05) is 10.6 Å². The molecule has 2 N–H and O–H groups in total. The maximum absolute atomic E-state index is 12.2. The Bertz CT molecular complexity index is 744. The molecule has 0 spiro atoms. The van der Waals surface area contributed by atoms with E-state index in [-0.39, 0.29) is 23.4 Å². The van der Waals surface area contributed by atoms with Crippen LogP contribution in [-0.2, 0) is 4.79 Å². The Balaban J connectivity index is 2.19. The predicted octanol–water partition coefficient (Wildman–Crippen LogP) is 3.89. The highest BCUT2D eigenvalue weighted by Crippen LogP contribution is 2.21. The molecule has 5 nitrogen and oxygen atoms in total. The van der Waals surface area contributed by atoms with E-state index >= 15 is 0 Å². The summed E-state index contributed by atoms with van der Waals surface area (Å²) in [5.41, 5.74) is 2.35. The lowest BCUT2D eigenvalue weighted by molar-refractivity contribution is -0.118. The first kappa shape index (κ1) is 17.0. The number of nitrogens with zero attached hydrogens (tertiary/aromatic N) is 1. The van der Waals surface area contributed by atoms with Gasteiger partial charge < -0.3 is 10.6 Å². The minimum absolute atomic E-state index is 0.0809. The van der Waals surface area contributed by atoms with Crippen molar-refractivity contribution in [3.05, 3.63) is 52.8 Å². The predicted molar refractivity (Wildman–Crippen MR) is 91.8 cm³/mol. The third-order valence-corrected chi connectivity index (χ3v) is 3.47. The molecule has 0 atom stereocenters. The fourth-order valence-electron chi connectivity index (χ4n) is 1.84. The summed E-state index contributed by atoms with van der Waals surface area (Å²) in [6.07, 6.45) is 1.48. The highest BCUT2D eigenvalue weighted by atomic mass is 35.5. The van der Waals surface area contributed by atoms with Gasteiger partial charge in [0, 0.05) is 28.5 Å². The van der Waals surface area contributed by atoms with Crippen LogP contribution in [0.4, 0.5) is 11.4 Å². The average molecular weight is 332 g/mol. The monoisotopic (exact) mass is 331 g/mol. The first-order valence-electron chi connectivity index (χ1n) is 7.21. The van der Waals surface area contributed by atoms with Gasteiger partial charge in [-0.05, 0) is 36.8 Å². The van der Waals surface area contributed by atoms with Crippen LogP contribution in [0.2, 0.25) is 5.02 Å². The van der Waals surface area contributed by atoms with Crippen LogP contribution in [-0.4, -0.2) is 16.8 Å². The lowest BCUT2D eigenvalue weighted by Gasteiger charge is -2.12. The Hall–Kier alpha value is -2.40. The summed E-state index contributed by atoms with van der Waals surface area (Å²) in [5, 5.41) is 6.03. The second kappa shape index (κ2) is 7.24. The summed E-state index contributed by atoms with van der Waals surface area (Å²) in [6.45, 7) is 5.50. The first-order chi connectivity index (χ1) is 10.9. The summed E-state index contributed by atoms with van der Waals surface area (Å²) in [6, 6.07) is 8.44. The van der Waals surface area contributed by atoms with E-state index in [0.29, 0.717) is 16.4 Å². The number of halogens is 1. The molecule has 6 heteroatoms. The van der Waals surface area contributed by atoms with Crippen molar-refractivity contribution in [3.63, 3.8) is 0 Å². The van der Waals surface area contributed by atoms with Crippen LogP contribution < -0.4 is 10.6 Å². The molecule has 23 heavy (non-hydrogen) atoms. The molecule has 2 amide bonds. The number of carbonyl (C=O) groups excluding carboxylic acids is 2. The highest BCUT2D eigenvalue weighted by molar-refractivity contribution is 6.31. The van der Waals surface area contributed by atoms with E-state index in [1.54, 1.807) is 18.2 Å². The summed E-state index contributed by atoms with van der Waals surface area (Å²) >= 11 is 5.87. The number of rotatable bonds is 4. The third kappa shape index (κ3) is 4.53. The van der Waals surface area contributed by atoms with Gasteiger partial charge in [-0.25, -0.2) is 0 Å². The largest absolute Gasteiger partial charge is 0.326 e. The molecule has 0 aliphatic rings. The van der Waals surface area contributed by atoms with Gasteiger partial charge in [-0.15, -0.1) is 0 Å². The normalized spacial score (nSPS) is 10.5. The lowest BCUT2D eigenvalue weighted by Crippen LogP contribution is -2.18. The molecule has 2 rings (SSSR count). The van der Waals surface area contributed by atoms with Crippen LogP contribution in [0.5, 0.6) is 0 Å². The average Bonchev–Trinajstić information content (AvgIpc) is 2.50. The van der Waals surface area contributed by atoms with E-state index in [2.05, 4.69) is 15.6 Å². The zero-order valence-electron chi connectivity index (χ0n) is 13.2. The van der Waals surface area contributed by atoms with E-state index in [1.165, 1.54) is 12.3 Å². The fourth-order valence-corrected chi connectivity index (χ4v) is 2.00. The highest BCUT2D eigenvalue weighted by Gasteiger charge is 2.12. The van der Waals surface area contributed by atoms with Crippen molar-refractivity contribution in [1.82, 2.24) is 4.98 Å². The van der Waals surface area contributed by atoms with Gasteiger partial charge in [-0.3, -0.25) is 14.6 Å². The van der Waals surface area contributed by atoms with E-state index in [9.17, 15) is 9.59 Å². The number of amides is 2. The standard InChI is InChI=1S/C17H18ClN3O2/c1-10(2)16(22)20-13-5-4-11(3)14(9-13)21-17(23)15-8-12(18)6-7-19-15/h4-10H,1-3H3,(H,20,22)(H,21,23). The van der Waals surface area contributed by atoms with Crippen molar-refractivity contribution >= 4 is 34.8 Å². The topological polar surface area (TPSA) is 71.1 Å². The fraction of sp³-hybridized carbons (Fsp3) is 0.235. The number of benzene rings is 1. The minimum Gasteiger partial charge on any atom is -0.326 e. The van der Waals surface area contributed by atoms with Crippen molar-refractivity contribution < 1.29 is 9.59 Å². The number of aromatic nitrogens is 1. The maximum Gasteiger partial charge on any atom is 0.274 e. The Kier molecular flexibility index (Phi) is 5.34. The van der Waals surface area contributed by atoms with Gasteiger partial charge in [0.1, 0.15) is 5.69 Å². The summed E-state index contributed by atoms with van der Waals surface area (Å²) in [4.78, 5) is 28.0. The van der Waals surface area contributed by atoms with Crippen molar-refractivity contribution in [3.8, 4) is 0 Å². The molecular weight excluding hydrogens is 314 g/mol. The summed E-state index contributed by atoms with van der Waals surface area (Å²) < 4.78 is 0. The molecule has 0 radical (unpaired) electrons. The van der Waals surface area contributed by atoms with Crippen LogP contribution in [0.15, 0.2) is 36.5 Å². The zero-order chi connectivity index (χ0) is 17.0. The maximum atomic E-state index is 12.2. The van der Waals surface area contributed by atoms with Gasteiger partial charge >= 0.3 is 0 Å². The SMILES string of the molecule is Cc1ccc(NC(=O)C(C)C)cc1NC(=O)c1cc(Cl)ccn1. The summed E-state index contributed by atoms with van der Waals surface area (Å²) in [5.74, 6) is -0.560. The number of pyridine rings is 1. The molecule has 0 aliphatic heterocycles.